The van der Waals surface area contributed by atoms with E-state index in [1.54, 1.807) is 41.1 Å². The molecule has 0 saturated heterocycles. The van der Waals surface area contributed by atoms with Crippen molar-refractivity contribution < 1.29 is 18.4 Å². The SMILES string of the molecule is O=C(CN(Cc1ccco1)C(=O)c1nn(-c2ccc(F)cc2)c2c1CCCC2)Nc1ccccc1. The normalized spacial score (nSPS) is 12.7. The summed E-state index contributed by atoms with van der Waals surface area (Å²) in [6.45, 7) is -0.0289. The number of nitrogens with one attached hydrogen (secondary N) is 1. The van der Waals surface area contributed by atoms with Crippen LogP contribution in [0.3, 0.4) is 0 Å². The van der Waals surface area contributed by atoms with Crippen molar-refractivity contribution in [2.45, 2.75) is 32.2 Å². The van der Waals surface area contributed by atoms with Gasteiger partial charge in [-0.2, -0.15) is 5.10 Å². The molecule has 2 amide bonds. The van der Waals surface area contributed by atoms with Gasteiger partial charge in [0.15, 0.2) is 5.69 Å². The van der Waals surface area contributed by atoms with Crippen molar-refractivity contribution in [1.29, 1.82) is 0 Å². The zero-order valence-electron chi connectivity index (χ0n) is 19.1. The Morgan fingerprint density at radius 2 is 1.77 bits per heavy atom. The van der Waals surface area contributed by atoms with Gasteiger partial charge >= 0.3 is 0 Å². The lowest BCUT2D eigenvalue weighted by Crippen LogP contribution is -2.38. The molecule has 1 N–H and O–H groups in total. The van der Waals surface area contributed by atoms with E-state index in [9.17, 15) is 14.0 Å². The van der Waals surface area contributed by atoms with Crippen LogP contribution in [0.1, 0.15) is 40.3 Å². The van der Waals surface area contributed by atoms with Crippen LogP contribution >= 0.6 is 0 Å². The smallest absolute Gasteiger partial charge is 0.275 e. The van der Waals surface area contributed by atoms with Gasteiger partial charge in [-0.1, -0.05) is 18.2 Å². The Morgan fingerprint density at radius 3 is 2.51 bits per heavy atom. The minimum absolute atomic E-state index is 0.131. The molecule has 0 atom stereocenters. The number of rotatable bonds is 7. The van der Waals surface area contributed by atoms with Gasteiger partial charge in [-0.05, 0) is 74.2 Å². The first-order chi connectivity index (χ1) is 17.1. The second kappa shape index (κ2) is 9.97. The molecule has 0 spiro atoms. The molecule has 35 heavy (non-hydrogen) atoms. The third-order valence-corrected chi connectivity index (χ3v) is 6.06. The lowest BCUT2D eigenvalue weighted by atomic mass is 9.95. The highest BCUT2D eigenvalue weighted by Gasteiger charge is 2.30. The van der Waals surface area contributed by atoms with Gasteiger partial charge in [-0.15, -0.1) is 0 Å². The number of fused-ring (bicyclic) bond motifs is 1. The van der Waals surface area contributed by atoms with Crippen LogP contribution in [0.15, 0.2) is 77.4 Å². The number of benzene rings is 2. The van der Waals surface area contributed by atoms with E-state index in [4.69, 9.17) is 4.42 Å². The van der Waals surface area contributed by atoms with Gasteiger partial charge < -0.3 is 14.6 Å². The van der Waals surface area contributed by atoms with Crippen molar-refractivity contribution in [1.82, 2.24) is 14.7 Å². The standard InChI is InChI=1S/C27H25FN4O3/c28-19-12-14-21(15-13-19)32-24-11-5-4-10-23(24)26(30-32)27(34)31(17-22-9-6-16-35-22)18-25(33)29-20-7-2-1-3-8-20/h1-3,6-9,12-16H,4-5,10-11,17-18H2,(H,29,33). The zero-order chi connectivity index (χ0) is 24.2. The summed E-state index contributed by atoms with van der Waals surface area (Å²) < 4.78 is 20.7. The van der Waals surface area contributed by atoms with E-state index in [0.29, 0.717) is 22.8 Å². The monoisotopic (exact) mass is 472 g/mol. The lowest BCUT2D eigenvalue weighted by molar-refractivity contribution is -0.117. The Morgan fingerprint density at radius 1 is 1.00 bits per heavy atom. The maximum Gasteiger partial charge on any atom is 0.275 e. The van der Waals surface area contributed by atoms with Crippen LogP contribution < -0.4 is 5.32 Å². The fourth-order valence-corrected chi connectivity index (χ4v) is 4.40. The number of halogens is 1. The van der Waals surface area contributed by atoms with Gasteiger partial charge in [0.1, 0.15) is 18.1 Å². The van der Waals surface area contributed by atoms with E-state index in [2.05, 4.69) is 10.4 Å². The summed E-state index contributed by atoms with van der Waals surface area (Å²) in [7, 11) is 0. The largest absolute Gasteiger partial charge is 0.467 e. The Kier molecular flexibility index (Phi) is 6.43. The number of hydrogen-bond acceptors (Lipinski definition) is 4. The maximum absolute atomic E-state index is 13.8. The number of aromatic nitrogens is 2. The minimum atomic E-state index is -0.344. The van der Waals surface area contributed by atoms with E-state index >= 15 is 0 Å². The van der Waals surface area contributed by atoms with Crippen molar-refractivity contribution in [3.63, 3.8) is 0 Å². The van der Waals surface area contributed by atoms with Gasteiger partial charge in [0.25, 0.3) is 5.91 Å². The second-order valence-electron chi connectivity index (χ2n) is 8.52. The molecule has 0 saturated carbocycles. The molecule has 0 fully saturated rings. The number of hydrogen-bond donors (Lipinski definition) is 1. The topological polar surface area (TPSA) is 80.4 Å². The summed E-state index contributed by atoms with van der Waals surface area (Å²) in [6, 6.07) is 18.7. The molecule has 0 unspecified atom stereocenters. The lowest BCUT2D eigenvalue weighted by Gasteiger charge is -2.21. The summed E-state index contributed by atoms with van der Waals surface area (Å²) in [5.74, 6) is -0.426. The summed E-state index contributed by atoms with van der Waals surface area (Å²) >= 11 is 0. The summed E-state index contributed by atoms with van der Waals surface area (Å²) in [5, 5.41) is 7.51. The molecule has 1 aliphatic carbocycles. The molecule has 0 radical (unpaired) electrons. The Balaban J connectivity index is 1.46. The third kappa shape index (κ3) is 5.01. The Labute approximate surface area is 202 Å². The van der Waals surface area contributed by atoms with Crippen LogP contribution in [0, 0.1) is 5.82 Å². The fourth-order valence-electron chi connectivity index (χ4n) is 4.40. The van der Waals surface area contributed by atoms with E-state index in [-0.39, 0.29) is 30.7 Å². The molecule has 5 rings (SSSR count). The highest BCUT2D eigenvalue weighted by Crippen LogP contribution is 2.28. The molecule has 0 aliphatic heterocycles. The van der Waals surface area contributed by atoms with Crippen molar-refractivity contribution in [3.8, 4) is 5.69 Å². The third-order valence-electron chi connectivity index (χ3n) is 6.06. The van der Waals surface area contributed by atoms with E-state index < -0.39 is 0 Å². The summed E-state index contributed by atoms with van der Waals surface area (Å²) in [5.41, 5.74) is 3.52. The quantitative estimate of drug-likeness (QED) is 0.420. The van der Waals surface area contributed by atoms with E-state index in [0.717, 1.165) is 36.9 Å². The first kappa shape index (κ1) is 22.6. The van der Waals surface area contributed by atoms with Gasteiger partial charge in [0.05, 0.1) is 18.5 Å². The average molecular weight is 473 g/mol. The van der Waals surface area contributed by atoms with Gasteiger partial charge in [-0.3, -0.25) is 9.59 Å². The van der Waals surface area contributed by atoms with Gasteiger partial charge in [0, 0.05) is 16.9 Å². The average Bonchev–Trinajstić information content (AvgIpc) is 3.52. The number of anilines is 1. The van der Waals surface area contributed by atoms with Crippen LogP contribution in [-0.2, 0) is 24.2 Å². The van der Waals surface area contributed by atoms with Crippen LogP contribution in [0.5, 0.6) is 0 Å². The van der Waals surface area contributed by atoms with Crippen molar-refractivity contribution >= 4 is 17.5 Å². The van der Waals surface area contributed by atoms with Gasteiger partial charge in [0.2, 0.25) is 5.91 Å². The molecule has 2 aromatic heterocycles. The predicted molar refractivity (Wildman–Crippen MR) is 129 cm³/mol. The van der Waals surface area contributed by atoms with Crippen LogP contribution in [0.2, 0.25) is 0 Å². The van der Waals surface area contributed by atoms with Crippen LogP contribution in [0.4, 0.5) is 10.1 Å². The highest BCUT2D eigenvalue weighted by molar-refractivity contribution is 5.99. The Bertz CT molecular complexity index is 1310. The molecular weight excluding hydrogens is 447 g/mol. The molecule has 1 aliphatic rings. The van der Waals surface area contributed by atoms with Crippen molar-refractivity contribution in [2.75, 3.05) is 11.9 Å². The molecule has 0 bridgehead atoms. The first-order valence-corrected chi connectivity index (χ1v) is 11.6. The van der Waals surface area contributed by atoms with Crippen molar-refractivity contribution in [2.24, 2.45) is 0 Å². The molecule has 4 aromatic rings. The molecular formula is C27H25FN4O3. The number of amides is 2. The molecule has 2 aromatic carbocycles. The number of furan rings is 1. The summed E-state index contributed by atoms with van der Waals surface area (Å²) in [4.78, 5) is 28.1. The van der Waals surface area contributed by atoms with Crippen LogP contribution in [-0.4, -0.2) is 33.0 Å². The first-order valence-electron chi connectivity index (χ1n) is 11.6. The fraction of sp³-hybridized carbons (Fsp3) is 0.222. The van der Waals surface area contributed by atoms with Gasteiger partial charge in [-0.25, -0.2) is 9.07 Å². The summed E-state index contributed by atoms with van der Waals surface area (Å²) in [6.07, 6.45) is 4.98. The van der Waals surface area contributed by atoms with E-state index in [1.807, 2.05) is 18.2 Å². The maximum atomic E-state index is 13.8. The molecule has 7 nitrogen and oxygen atoms in total. The van der Waals surface area contributed by atoms with E-state index in [1.165, 1.54) is 23.3 Å². The highest BCUT2D eigenvalue weighted by atomic mass is 19.1. The minimum Gasteiger partial charge on any atom is -0.467 e. The number of para-hydroxylation sites is 1. The number of nitrogens with zero attached hydrogens (tertiary/aromatic N) is 3. The molecule has 8 heteroatoms. The molecule has 178 valence electrons. The second-order valence-corrected chi connectivity index (χ2v) is 8.52. The zero-order valence-corrected chi connectivity index (χ0v) is 19.1. The predicted octanol–water partition coefficient (Wildman–Crippen LogP) is 4.76. The Hall–Kier alpha value is -4.20. The number of carbonyl (C=O) groups is 2. The van der Waals surface area contributed by atoms with Crippen LogP contribution in [0.25, 0.3) is 5.69 Å². The van der Waals surface area contributed by atoms with Crippen molar-refractivity contribution in [3.05, 3.63) is 102 Å². The molecule has 2 heterocycles. The number of carbonyl (C=O) groups excluding carboxylic acids is 2.